The molecule has 2 heterocycles. The van der Waals surface area contributed by atoms with Gasteiger partial charge < -0.3 is 15.1 Å². The predicted molar refractivity (Wildman–Crippen MR) is 126 cm³/mol. The highest BCUT2D eigenvalue weighted by atomic mass is 35.5. The van der Waals surface area contributed by atoms with Gasteiger partial charge in [-0.15, -0.1) is 0 Å². The van der Waals surface area contributed by atoms with Crippen molar-refractivity contribution in [3.05, 3.63) is 57.8 Å². The van der Waals surface area contributed by atoms with E-state index >= 15 is 0 Å². The molecule has 0 unspecified atom stereocenters. The number of aromatic nitrogens is 1. The van der Waals surface area contributed by atoms with Gasteiger partial charge in [-0.05, 0) is 48.6 Å². The Balaban J connectivity index is 1.23. The van der Waals surface area contributed by atoms with E-state index in [1.165, 1.54) is 19.4 Å². The Morgan fingerprint density at radius 1 is 1.13 bits per heavy atom. The fraction of sp³-hybridized carbons (Fsp3) is 0.478. The minimum Gasteiger partial charge on any atom is -0.323 e. The van der Waals surface area contributed by atoms with Crippen molar-refractivity contribution in [2.45, 2.75) is 25.9 Å². The highest BCUT2D eigenvalue weighted by molar-refractivity contribution is 6.36. The molecule has 1 aliphatic carbocycles. The molecule has 31 heavy (non-hydrogen) atoms. The summed E-state index contributed by atoms with van der Waals surface area (Å²) in [5, 5.41) is 3.75. The molecule has 1 N–H and O–H groups in total. The third-order valence-corrected chi connectivity index (χ3v) is 6.44. The second-order valence-corrected chi connectivity index (χ2v) is 9.43. The molecule has 6 nitrogen and oxygen atoms in total. The van der Waals surface area contributed by atoms with Gasteiger partial charge in [0.25, 0.3) is 0 Å². The molecule has 8 heteroatoms. The zero-order valence-corrected chi connectivity index (χ0v) is 19.4. The molecule has 1 aromatic heterocycles. The van der Waals surface area contributed by atoms with Crippen LogP contribution in [0.15, 0.2) is 36.5 Å². The molecular formula is C23H29Cl2N5O. The Hall–Kier alpha value is -1.86. The number of carbonyl (C=O) groups excluding carboxylic acids is 1. The third-order valence-electron chi connectivity index (χ3n) is 5.89. The first-order valence-electron chi connectivity index (χ1n) is 10.8. The van der Waals surface area contributed by atoms with Crippen molar-refractivity contribution in [1.82, 2.24) is 19.7 Å². The molecule has 4 rings (SSSR count). The molecule has 2 aliphatic rings. The monoisotopic (exact) mass is 461 g/mol. The topological polar surface area (TPSA) is 51.7 Å². The van der Waals surface area contributed by atoms with Crippen LogP contribution in [-0.2, 0) is 13.1 Å². The average Bonchev–Trinajstić information content (AvgIpc) is 3.57. The van der Waals surface area contributed by atoms with Crippen LogP contribution in [0.1, 0.15) is 24.1 Å². The second-order valence-electron chi connectivity index (χ2n) is 8.59. The lowest BCUT2D eigenvalue weighted by molar-refractivity contribution is 0.122. The summed E-state index contributed by atoms with van der Waals surface area (Å²) in [6, 6.07) is 8.86. The molecule has 1 aliphatic heterocycles. The molecule has 0 spiro atoms. The molecule has 1 saturated heterocycles. The molecule has 2 aromatic rings. The van der Waals surface area contributed by atoms with E-state index in [0.717, 1.165) is 49.9 Å². The van der Waals surface area contributed by atoms with Crippen LogP contribution in [0.3, 0.4) is 0 Å². The summed E-state index contributed by atoms with van der Waals surface area (Å²) < 4.78 is 0. The molecular weight excluding hydrogens is 433 g/mol. The molecule has 0 bridgehead atoms. The maximum absolute atomic E-state index is 12.5. The number of pyridine rings is 1. The van der Waals surface area contributed by atoms with Crippen LogP contribution in [0.4, 0.5) is 10.5 Å². The van der Waals surface area contributed by atoms with E-state index in [-0.39, 0.29) is 6.03 Å². The number of anilines is 1. The lowest BCUT2D eigenvalue weighted by Crippen LogP contribution is -2.46. The van der Waals surface area contributed by atoms with Gasteiger partial charge in [-0.1, -0.05) is 29.3 Å². The maximum atomic E-state index is 12.5. The molecule has 166 valence electrons. The molecule has 2 fully saturated rings. The van der Waals surface area contributed by atoms with Crippen LogP contribution in [0.5, 0.6) is 0 Å². The summed E-state index contributed by atoms with van der Waals surface area (Å²) in [6.07, 6.45) is 4.70. The van der Waals surface area contributed by atoms with E-state index < -0.39 is 0 Å². The minimum atomic E-state index is -0.239. The van der Waals surface area contributed by atoms with Gasteiger partial charge in [-0.2, -0.15) is 0 Å². The van der Waals surface area contributed by atoms with E-state index in [2.05, 4.69) is 26.2 Å². The van der Waals surface area contributed by atoms with E-state index in [4.69, 9.17) is 23.2 Å². The third kappa shape index (κ3) is 6.56. The van der Waals surface area contributed by atoms with Gasteiger partial charge in [0.1, 0.15) is 0 Å². The Bertz CT molecular complexity index is 895. The smallest absolute Gasteiger partial charge is 0.321 e. The van der Waals surface area contributed by atoms with Crippen LogP contribution >= 0.6 is 23.2 Å². The number of hydrogen-bond donors (Lipinski definition) is 1. The van der Waals surface area contributed by atoms with Gasteiger partial charge >= 0.3 is 6.03 Å². The van der Waals surface area contributed by atoms with Crippen molar-refractivity contribution in [2.75, 3.05) is 45.1 Å². The lowest BCUT2D eigenvalue weighted by Gasteiger charge is -2.34. The van der Waals surface area contributed by atoms with Crippen molar-refractivity contribution in [3.63, 3.8) is 0 Å². The van der Waals surface area contributed by atoms with Crippen LogP contribution < -0.4 is 5.32 Å². The number of halogens is 2. The number of carbonyl (C=O) groups is 1. The minimum absolute atomic E-state index is 0.239. The SMILES string of the molecule is CN(Cc1ccc(CN2CCN(CC3CC3)CC2)nc1)C(=O)Nc1ccc(Cl)cc1Cl. The van der Waals surface area contributed by atoms with Crippen LogP contribution in [0, 0.1) is 5.92 Å². The van der Waals surface area contributed by atoms with Crippen molar-refractivity contribution < 1.29 is 4.79 Å². The molecule has 1 aromatic carbocycles. The lowest BCUT2D eigenvalue weighted by atomic mass is 10.2. The molecule has 1 saturated carbocycles. The van der Waals surface area contributed by atoms with Gasteiger partial charge in [0.15, 0.2) is 0 Å². The first kappa shape index (κ1) is 22.3. The van der Waals surface area contributed by atoms with E-state index in [1.807, 2.05) is 12.3 Å². The summed E-state index contributed by atoms with van der Waals surface area (Å²) >= 11 is 12.0. The molecule has 0 radical (unpaired) electrons. The zero-order valence-electron chi connectivity index (χ0n) is 17.9. The first-order valence-corrected chi connectivity index (χ1v) is 11.6. The Kier molecular flexibility index (Phi) is 7.33. The summed E-state index contributed by atoms with van der Waals surface area (Å²) in [6.45, 7) is 7.15. The van der Waals surface area contributed by atoms with Crippen LogP contribution in [-0.4, -0.2) is 65.5 Å². The predicted octanol–water partition coefficient (Wildman–Crippen LogP) is 4.58. The normalized spacial score (nSPS) is 17.5. The van der Waals surface area contributed by atoms with Crippen LogP contribution in [0.25, 0.3) is 0 Å². The number of amides is 2. The van der Waals surface area contributed by atoms with Gasteiger partial charge in [-0.3, -0.25) is 9.88 Å². The number of piperazine rings is 1. The standard InChI is InChI=1S/C23H29Cl2N5O/c1-28(23(31)27-22-7-5-19(24)12-21(22)25)14-18-4-6-20(26-13-18)16-30-10-8-29(9-11-30)15-17-2-3-17/h4-7,12-13,17H,2-3,8-11,14-16H2,1H3,(H,27,31). The summed E-state index contributed by atoms with van der Waals surface area (Å²) in [5.74, 6) is 0.962. The van der Waals surface area contributed by atoms with E-state index in [9.17, 15) is 4.79 Å². The van der Waals surface area contributed by atoms with Crippen molar-refractivity contribution in [3.8, 4) is 0 Å². The van der Waals surface area contributed by atoms with Gasteiger partial charge in [0, 0.05) is 64.1 Å². The molecule has 2 amide bonds. The Morgan fingerprint density at radius 3 is 2.52 bits per heavy atom. The van der Waals surface area contributed by atoms with E-state index in [0.29, 0.717) is 22.3 Å². The van der Waals surface area contributed by atoms with Gasteiger partial charge in [0.05, 0.1) is 16.4 Å². The number of urea groups is 1. The Labute approximate surface area is 194 Å². The van der Waals surface area contributed by atoms with Gasteiger partial charge in [-0.25, -0.2) is 4.79 Å². The Morgan fingerprint density at radius 2 is 1.87 bits per heavy atom. The largest absolute Gasteiger partial charge is 0.323 e. The number of hydrogen-bond acceptors (Lipinski definition) is 4. The zero-order chi connectivity index (χ0) is 21.8. The fourth-order valence-corrected chi connectivity index (χ4v) is 4.27. The number of nitrogens with zero attached hydrogens (tertiary/aromatic N) is 4. The second kappa shape index (κ2) is 10.2. The van der Waals surface area contributed by atoms with Crippen molar-refractivity contribution in [1.29, 1.82) is 0 Å². The number of benzene rings is 1. The van der Waals surface area contributed by atoms with Gasteiger partial charge in [0.2, 0.25) is 0 Å². The molecule has 0 atom stereocenters. The number of nitrogens with one attached hydrogen (secondary N) is 1. The fourth-order valence-electron chi connectivity index (χ4n) is 3.81. The highest BCUT2D eigenvalue weighted by Gasteiger charge is 2.26. The average molecular weight is 462 g/mol. The van der Waals surface area contributed by atoms with Crippen LogP contribution in [0.2, 0.25) is 10.0 Å². The quantitative estimate of drug-likeness (QED) is 0.655. The summed E-state index contributed by atoms with van der Waals surface area (Å²) in [7, 11) is 1.74. The highest BCUT2D eigenvalue weighted by Crippen LogP contribution is 2.30. The summed E-state index contributed by atoms with van der Waals surface area (Å²) in [5.41, 5.74) is 2.59. The van der Waals surface area contributed by atoms with E-state index in [1.54, 1.807) is 30.1 Å². The summed E-state index contributed by atoms with van der Waals surface area (Å²) in [4.78, 5) is 23.8. The number of rotatable bonds is 7. The first-order chi connectivity index (χ1) is 15.0. The maximum Gasteiger partial charge on any atom is 0.321 e. The van der Waals surface area contributed by atoms with Crippen molar-refractivity contribution in [2.24, 2.45) is 5.92 Å². The van der Waals surface area contributed by atoms with Crippen molar-refractivity contribution >= 4 is 34.9 Å².